The van der Waals surface area contributed by atoms with Crippen LogP contribution in [0.5, 0.6) is 0 Å². The maximum Gasteiger partial charge on any atom is 0.270 e. The van der Waals surface area contributed by atoms with Crippen LogP contribution in [0.3, 0.4) is 0 Å². The van der Waals surface area contributed by atoms with Crippen molar-refractivity contribution in [3.8, 4) is 0 Å². The monoisotopic (exact) mass is 312 g/mol. The number of anilines is 1. The van der Waals surface area contributed by atoms with Crippen LogP contribution in [0.25, 0.3) is 0 Å². The van der Waals surface area contributed by atoms with Gasteiger partial charge in [-0.25, -0.2) is 0 Å². The van der Waals surface area contributed by atoms with Crippen molar-refractivity contribution in [2.45, 2.75) is 4.90 Å². The number of benzene rings is 2. The van der Waals surface area contributed by atoms with Crippen LogP contribution in [-0.4, -0.2) is 17.8 Å². The van der Waals surface area contributed by atoms with Crippen LogP contribution >= 0.6 is 11.8 Å². The number of hydrogen-bond donors (Lipinski definition) is 0. The van der Waals surface area contributed by atoms with Gasteiger partial charge in [-0.2, -0.15) is 0 Å². The summed E-state index contributed by atoms with van der Waals surface area (Å²) >= 11 is 1.51. The molecule has 0 saturated heterocycles. The average molecular weight is 312 g/mol. The first-order chi connectivity index (χ1) is 10.6. The number of para-hydroxylation sites is 1. The van der Waals surface area contributed by atoms with Crippen LogP contribution in [0.2, 0.25) is 0 Å². The number of nitrogens with zero attached hydrogens (tertiary/aromatic N) is 2. The van der Waals surface area contributed by atoms with Gasteiger partial charge in [-0.3, -0.25) is 14.9 Å². The van der Waals surface area contributed by atoms with E-state index in [2.05, 4.69) is 0 Å². The van der Waals surface area contributed by atoms with Crippen molar-refractivity contribution in [1.82, 2.24) is 0 Å². The van der Waals surface area contributed by atoms with E-state index < -0.39 is 4.92 Å². The van der Waals surface area contributed by atoms with E-state index >= 15 is 0 Å². The molecule has 1 aliphatic rings. The molecule has 0 atom stereocenters. The van der Waals surface area contributed by atoms with Gasteiger partial charge in [0.15, 0.2) is 5.78 Å². The molecule has 0 unspecified atom stereocenters. The van der Waals surface area contributed by atoms with E-state index in [9.17, 15) is 14.9 Å². The topological polar surface area (TPSA) is 63.5 Å². The highest BCUT2D eigenvalue weighted by Gasteiger charge is 2.22. The molecule has 0 aromatic heterocycles. The molecule has 0 bridgehead atoms. The molecule has 5 nitrogen and oxygen atoms in total. The standard InChI is InChI=1S/C16H12N2O3S/c1-17-13-7-2-3-8-15(13)22-16(17)10-14(19)11-5-4-6-12(9-11)18(20)21/h2-10H,1H3/b16-10-. The number of ketones is 1. The smallest absolute Gasteiger partial charge is 0.270 e. The summed E-state index contributed by atoms with van der Waals surface area (Å²) in [5.74, 6) is -0.245. The first kappa shape index (κ1) is 14.3. The van der Waals surface area contributed by atoms with E-state index in [0.717, 1.165) is 15.6 Å². The van der Waals surface area contributed by atoms with Crippen molar-refractivity contribution >= 4 is 28.9 Å². The number of thioether (sulfide) groups is 1. The van der Waals surface area contributed by atoms with Crippen molar-refractivity contribution in [3.05, 3.63) is 75.3 Å². The van der Waals surface area contributed by atoms with Gasteiger partial charge in [-0.1, -0.05) is 36.0 Å². The van der Waals surface area contributed by atoms with Crippen molar-refractivity contribution in [2.75, 3.05) is 11.9 Å². The Morgan fingerprint density at radius 2 is 2.00 bits per heavy atom. The van der Waals surface area contributed by atoms with E-state index in [1.54, 1.807) is 6.07 Å². The molecule has 0 radical (unpaired) electrons. The number of carbonyl (C=O) groups excluding carboxylic acids is 1. The third kappa shape index (κ3) is 2.60. The van der Waals surface area contributed by atoms with Gasteiger partial charge in [0.2, 0.25) is 0 Å². The Kier molecular flexibility index (Phi) is 3.68. The summed E-state index contributed by atoms with van der Waals surface area (Å²) in [5, 5.41) is 11.6. The maximum atomic E-state index is 12.3. The summed E-state index contributed by atoms with van der Waals surface area (Å²) in [6.07, 6.45) is 1.52. The number of fused-ring (bicyclic) bond motifs is 1. The highest BCUT2D eigenvalue weighted by atomic mass is 32.2. The Morgan fingerprint density at radius 3 is 2.73 bits per heavy atom. The van der Waals surface area contributed by atoms with Gasteiger partial charge in [0.25, 0.3) is 5.69 Å². The van der Waals surface area contributed by atoms with Gasteiger partial charge in [0.05, 0.1) is 15.6 Å². The first-order valence-electron chi connectivity index (χ1n) is 6.57. The van der Waals surface area contributed by atoms with Gasteiger partial charge in [-0.05, 0) is 12.1 Å². The molecule has 2 aromatic rings. The molecule has 3 rings (SSSR count). The predicted octanol–water partition coefficient (Wildman–Crippen LogP) is 3.86. The van der Waals surface area contributed by atoms with Gasteiger partial charge < -0.3 is 4.90 Å². The second-order valence-electron chi connectivity index (χ2n) is 4.78. The molecule has 0 fully saturated rings. The van der Waals surface area contributed by atoms with Crippen LogP contribution in [0.4, 0.5) is 11.4 Å². The van der Waals surface area contributed by atoms with E-state index in [1.807, 2.05) is 36.2 Å². The Hall–Kier alpha value is -2.60. The Bertz CT molecular complexity index is 801. The zero-order valence-corrected chi connectivity index (χ0v) is 12.5. The predicted molar refractivity (Wildman–Crippen MR) is 86.2 cm³/mol. The molecule has 0 aliphatic carbocycles. The Morgan fingerprint density at radius 1 is 1.23 bits per heavy atom. The number of hydrogen-bond acceptors (Lipinski definition) is 5. The third-order valence-corrected chi connectivity index (χ3v) is 4.53. The summed E-state index contributed by atoms with van der Waals surface area (Å²) in [4.78, 5) is 25.6. The fourth-order valence-electron chi connectivity index (χ4n) is 2.21. The number of allylic oxidation sites excluding steroid dienone is 1. The molecule has 6 heteroatoms. The Labute approximate surface area is 131 Å². The number of non-ortho nitro benzene ring substituents is 1. The van der Waals surface area contributed by atoms with Gasteiger partial charge in [0, 0.05) is 35.7 Å². The number of nitro benzene ring substituents is 1. The summed E-state index contributed by atoms with van der Waals surface area (Å²) in [7, 11) is 1.89. The lowest BCUT2D eigenvalue weighted by atomic mass is 10.1. The summed E-state index contributed by atoms with van der Waals surface area (Å²) in [6, 6.07) is 13.6. The molecule has 22 heavy (non-hydrogen) atoms. The van der Waals surface area contributed by atoms with Crippen LogP contribution in [-0.2, 0) is 0 Å². The molecular weight excluding hydrogens is 300 g/mol. The van der Waals surface area contributed by atoms with Gasteiger partial charge in [0.1, 0.15) is 0 Å². The quantitative estimate of drug-likeness (QED) is 0.373. The van der Waals surface area contributed by atoms with Crippen molar-refractivity contribution in [3.63, 3.8) is 0 Å². The summed E-state index contributed by atoms with van der Waals surface area (Å²) < 4.78 is 0. The van der Waals surface area contributed by atoms with Gasteiger partial charge >= 0.3 is 0 Å². The minimum absolute atomic E-state index is 0.0834. The molecule has 0 amide bonds. The second kappa shape index (κ2) is 5.65. The molecule has 1 aliphatic heterocycles. The van der Waals surface area contributed by atoms with Gasteiger partial charge in [-0.15, -0.1) is 0 Å². The number of carbonyl (C=O) groups is 1. The molecule has 110 valence electrons. The molecule has 0 N–H and O–H groups in total. The SMILES string of the molecule is CN1/C(=C/C(=O)c2cccc([N+](=O)[O-])c2)Sc2ccccc21. The first-order valence-corrected chi connectivity index (χ1v) is 7.39. The van der Waals surface area contributed by atoms with E-state index in [-0.39, 0.29) is 11.5 Å². The minimum Gasteiger partial charge on any atom is -0.338 e. The zero-order chi connectivity index (χ0) is 15.7. The van der Waals surface area contributed by atoms with Crippen molar-refractivity contribution in [1.29, 1.82) is 0 Å². The zero-order valence-electron chi connectivity index (χ0n) is 11.7. The lowest BCUT2D eigenvalue weighted by Gasteiger charge is -2.12. The van der Waals surface area contributed by atoms with Crippen LogP contribution in [0.15, 0.2) is 64.5 Å². The lowest BCUT2D eigenvalue weighted by molar-refractivity contribution is -0.384. The molecule has 2 aromatic carbocycles. The second-order valence-corrected chi connectivity index (χ2v) is 5.85. The third-order valence-electron chi connectivity index (χ3n) is 3.37. The van der Waals surface area contributed by atoms with E-state index in [1.165, 1.54) is 36.0 Å². The number of rotatable bonds is 3. The molecule has 1 heterocycles. The van der Waals surface area contributed by atoms with Crippen molar-refractivity contribution in [2.24, 2.45) is 0 Å². The Balaban J connectivity index is 1.89. The average Bonchev–Trinajstić information content (AvgIpc) is 2.84. The van der Waals surface area contributed by atoms with Crippen LogP contribution in [0, 0.1) is 10.1 Å². The lowest BCUT2D eigenvalue weighted by Crippen LogP contribution is -2.11. The number of nitro groups is 1. The normalized spacial score (nSPS) is 15.0. The van der Waals surface area contributed by atoms with Crippen LogP contribution in [0.1, 0.15) is 10.4 Å². The largest absolute Gasteiger partial charge is 0.338 e. The molecule has 0 spiro atoms. The fraction of sp³-hybridized carbons (Fsp3) is 0.0625. The molecule has 0 saturated carbocycles. The maximum absolute atomic E-state index is 12.3. The highest BCUT2D eigenvalue weighted by molar-refractivity contribution is 8.03. The minimum atomic E-state index is -0.504. The van der Waals surface area contributed by atoms with Crippen LogP contribution < -0.4 is 4.90 Å². The fourth-order valence-corrected chi connectivity index (χ4v) is 3.30. The van der Waals surface area contributed by atoms with E-state index in [4.69, 9.17) is 0 Å². The highest BCUT2D eigenvalue weighted by Crippen LogP contribution is 2.44. The summed E-state index contributed by atoms with van der Waals surface area (Å²) in [5.41, 5.74) is 1.28. The molecular formula is C16H12N2O3S. The van der Waals surface area contributed by atoms with Crippen molar-refractivity contribution < 1.29 is 9.72 Å². The summed E-state index contributed by atoms with van der Waals surface area (Å²) in [6.45, 7) is 0. The van der Waals surface area contributed by atoms with E-state index in [0.29, 0.717) is 5.56 Å².